The van der Waals surface area contributed by atoms with Crippen molar-refractivity contribution in [3.05, 3.63) is 35.4 Å². The van der Waals surface area contributed by atoms with Gasteiger partial charge in [-0.3, -0.25) is 9.69 Å². The summed E-state index contributed by atoms with van der Waals surface area (Å²) in [7, 11) is 0. The minimum Gasteiger partial charge on any atom is -0.350 e. The predicted octanol–water partition coefficient (Wildman–Crippen LogP) is 3.20. The predicted molar refractivity (Wildman–Crippen MR) is 102 cm³/mol. The third-order valence-corrected chi connectivity index (χ3v) is 5.82. The molecule has 138 valence electrons. The molecule has 0 aromatic heterocycles. The smallest absolute Gasteiger partial charge is 0.240 e. The van der Waals surface area contributed by atoms with Crippen LogP contribution in [0.4, 0.5) is 0 Å². The van der Waals surface area contributed by atoms with Crippen LogP contribution in [0.25, 0.3) is 0 Å². The van der Waals surface area contributed by atoms with E-state index < -0.39 is 5.54 Å². The van der Waals surface area contributed by atoms with Crippen LogP contribution in [0.3, 0.4) is 0 Å². The summed E-state index contributed by atoms with van der Waals surface area (Å²) in [6.45, 7) is 6.35. The molecule has 1 aliphatic carbocycles. The number of nitrogens with zero attached hydrogens (tertiary/aromatic N) is 1. The number of hydrogen-bond acceptors (Lipinski definition) is 3. The van der Waals surface area contributed by atoms with E-state index in [1.165, 1.54) is 37.9 Å². The largest absolute Gasteiger partial charge is 0.350 e. The lowest BCUT2D eigenvalue weighted by atomic mass is 9.82. The first kappa shape index (κ1) is 18.4. The van der Waals surface area contributed by atoms with Gasteiger partial charge in [-0.1, -0.05) is 50.5 Å². The Morgan fingerprint density at radius 3 is 2.52 bits per heavy atom. The van der Waals surface area contributed by atoms with Gasteiger partial charge >= 0.3 is 0 Å². The maximum Gasteiger partial charge on any atom is 0.240 e. The molecule has 1 saturated carbocycles. The van der Waals surface area contributed by atoms with E-state index in [-0.39, 0.29) is 5.91 Å². The van der Waals surface area contributed by atoms with Gasteiger partial charge in [0.1, 0.15) is 0 Å². The molecule has 1 heterocycles. The van der Waals surface area contributed by atoms with E-state index in [0.717, 1.165) is 43.7 Å². The van der Waals surface area contributed by atoms with Gasteiger partial charge in [0.2, 0.25) is 5.91 Å². The van der Waals surface area contributed by atoms with Crippen LogP contribution in [0.1, 0.15) is 63.0 Å². The maximum atomic E-state index is 12.4. The average Bonchev–Trinajstić information content (AvgIpc) is 2.61. The topological polar surface area (TPSA) is 58.4 Å². The van der Waals surface area contributed by atoms with Gasteiger partial charge in [-0.15, -0.1) is 0 Å². The molecule has 0 spiro atoms. The van der Waals surface area contributed by atoms with Crippen molar-refractivity contribution in [3.63, 3.8) is 0 Å². The van der Waals surface area contributed by atoms with Crippen LogP contribution in [0.5, 0.6) is 0 Å². The van der Waals surface area contributed by atoms with Gasteiger partial charge in [0.05, 0.1) is 5.54 Å². The molecule has 1 unspecified atom stereocenters. The Bertz CT molecular complexity index is 563. The number of rotatable bonds is 5. The zero-order valence-corrected chi connectivity index (χ0v) is 15.6. The highest BCUT2D eigenvalue weighted by molar-refractivity contribution is 5.86. The molecular formula is C21H33N3O. The zero-order valence-electron chi connectivity index (χ0n) is 15.6. The lowest BCUT2D eigenvalue weighted by molar-refractivity contribution is -0.127. The van der Waals surface area contributed by atoms with Gasteiger partial charge in [-0.2, -0.15) is 0 Å². The Balaban J connectivity index is 1.48. The normalized spacial score (nSPS) is 24.0. The molecule has 0 radical (unpaired) electrons. The van der Waals surface area contributed by atoms with Crippen molar-refractivity contribution >= 4 is 5.91 Å². The van der Waals surface area contributed by atoms with Crippen LogP contribution in [0, 0.1) is 5.92 Å². The van der Waals surface area contributed by atoms with E-state index in [4.69, 9.17) is 5.73 Å². The Morgan fingerprint density at radius 2 is 1.84 bits per heavy atom. The molecule has 1 saturated heterocycles. The highest BCUT2D eigenvalue weighted by Gasteiger charge is 2.34. The van der Waals surface area contributed by atoms with Crippen molar-refractivity contribution in [1.82, 2.24) is 10.2 Å². The third-order valence-electron chi connectivity index (χ3n) is 5.82. The molecule has 1 aromatic carbocycles. The summed E-state index contributed by atoms with van der Waals surface area (Å²) < 4.78 is 0. The fraction of sp³-hybridized carbons (Fsp3) is 0.667. The van der Waals surface area contributed by atoms with E-state index in [0.29, 0.717) is 6.54 Å². The van der Waals surface area contributed by atoms with E-state index in [2.05, 4.69) is 41.4 Å². The summed E-state index contributed by atoms with van der Waals surface area (Å²) in [6, 6.07) is 8.65. The number of carbonyl (C=O) groups is 1. The molecule has 1 amide bonds. The van der Waals surface area contributed by atoms with Crippen LogP contribution >= 0.6 is 0 Å². The van der Waals surface area contributed by atoms with Gasteiger partial charge < -0.3 is 11.1 Å². The maximum absolute atomic E-state index is 12.4. The van der Waals surface area contributed by atoms with Crippen LogP contribution in [-0.2, 0) is 17.9 Å². The zero-order chi connectivity index (χ0) is 17.7. The van der Waals surface area contributed by atoms with Crippen molar-refractivity contribution in [3.8, 4) is 0 Å². The van der Waals surface area contributed by atoms with E-state index >= 15 is 0 Å². The highest BCUT2D eigenvalue weighted by atomic mass is 16.2. The summed E-state index contributed by atoms with van der Waals surface area (Å²) in [5.74, 6) is 0.824. The number of nitrogens with two attached hydrogens (primary N) is 1. The molecule has 2 aliphatic rings. The van der Waals surface area contributed by atoms with Crippen molar-refractivity contribution in [1.29, 1.82) is 0 Å². The van der Waals surface area contributed by atoms with E-state index in [1.807, 2.05) is 0 Å². The molecule has 1 atom stereocenters. The van der Waals surface area contributed by atoms with Crippen molar-refractivity contribution in [2.75, 3.05) is 13.1 Å². The Labute approximate surface area is 152 Å². The molecule has 4 heteroatoms. The highest BCUT2D eigenvalue weighted by Crippen LogP contribution is 2.26. The average molecular weight is 344 g/mol. The molecule has 1 aliphatic heterocycles. The van der Waals surface area contributed by atoms with Crippen LogP contribution in [-0.4, -0.2) is 29.4 Å². The second-order valence-corrected chi connectivity index (χ2v) is 8.20. The Morgan fingerprint density at radius 1 is 1.16 bits per heavy atom. The van der Waals surface area contributed by atoms with Crippen molar-refractivity contribution in [2.24, 2.45) is 11.7 Å². The molecule has 25 heavy (non-hydrogen) atoms. The molecule has 1 aromatic rings. The number of hydrogen-bond donors (Lipinski definition) is 2. The SMILES string of the molecule is CC1CCCN(Cc2ccc(CNC(=O)C3(N)CCCCC3)cc2)C1. The van der Waals surface area contributed by atoms with Gasteiger partial charge in [0, 0.05) is 19.6 Å². The number of nitrogens with one attached hydrogen (secondary N) is 1. The summed E-state index contributed by atoms with van der Waals surface area (Å²) in [5, 5.41) is 3.04. The van der Waals surface area contributed by atoms with E-state index in [9.17, 15) is 4.79 Å². The monoisotopic (exact) mass is 343 g/mol. The summed E-state index contributed by atoms with van der Waals surface area (Å²) >= 11 is 0. The standard InChI is InChI=1S/C21H33N3O/c1-17-6-5-13-24(15-17)16-19-9-7-18(8-10-19)14-23-20(25)21(22)11-3-2-4-12-21/h7-10,17H,2-6,11-16,22H2,1H3,(H,23,25). The second kappa shape index (κ2) is 8.33. The number of amides is 1. The second-order valence-electron chi connectivity index (χ2n) is 8.20. The number of likely N-dealkylation sites (tertiary alicyclic amines) is 1. The summed E-state index contributed by atoms with van der Waals surface area (Å²) in [6.07, 6.45) is 7.62. The number of carbonyl (C=O) groups excluding carboxylic acids is 1. The molecule has 3 rings (SSSR count). The first-order valence-electron chi connectivity index (χ1n) is 9.92. The van der Waals surface area contributed by atoms with Crippen molar-refractivity contribution < 1.29 is 4.79 Å². The van der Waals surface area contributed by atoms with Gasteiger partial charge in [-0.25, -0.2) is 0 Å². The van der Waals surface area contributed by atoms with Gasteiger partial charge in [0.15, 0.2) is 0 Å². The lowest BCUT2D eigenvalue weighted by Gasteiger charge is -2.32. The first-order valence-corrected chi connectivity index (χ1v) is 9.92. The van der Waals surface area contributed by atoms with Gasteiger partial charge in [0.25, 0.3) is 0 Å². The fourth-order valence-corrected chi connectivity index (χ4v) is 4.22. The minimum absolute atomic E-state index is 0.0126. The molecular weight excluding hydrogens is 310 g/mol. The Hall–Kier alpha value is -1.39. The molecule has 2 fully saturated rings. The number of benzene rings is 1. The first-order chi connectivity index (χ1) is 12.0. The van der Waals surface area contributed by atoms with Crippen molar-refractivity contribution in [2.45, 2.75) is 70.5 Å². The van der Waals surface area contributed by atoms with Crippen LogP contribution in [0.15, 0.2) is 24.3 Å². The molecule has 4 nitrogen and oxygen atoms in total. The third kappa shape index (κ3) is 5.05. The Kier molecular flexibility index (Phi) is 6.13. The van der Waals surface area contributed by atoms with Crippen LogP contribution in [0.2, 0.25) is 0 Å². The minimum atomic E-state index is -0.650. The quantitative estimate of drug-likeness (QED) is 0.863. The van der Waals surface area contributed by atoms with Gasteiger partial charge in [-0.05, 0) is 49.3 Å². The van der Waals surface area contributed by atoms with E-state index in [1.54, 1.807) is 0 Å². The molecule has 0 bridgehead atoms. The lowest BCUT2D eigenvalue weighted by Crippen LogP contribution is -2.54. The summed E-state index contributed by atoms with van der Waals surface area (Å²) in [4.78, 5) is 15.0. The number of piperidine rings is 1. The molecule has 3 N–H and O–H groups in total. The summed E-state index contributed by atoms with van der Waals surface area (Å²) in [5.41, 5.74) is 8.13. The van der Waals surface area contributed by atoms with Crippen LogP contribution < -0.4 is 11.1 Å². The fourth-order valence-electron chi connectivity index (χ4n) is 4.22.